The predicted octanol–water partition coefficient (Wildman–Crippen LogP) is 2.30. The van der Waals surface area contributed by atoms with Crippen LogP contribution in [0, 0.1) is 12.7 Å². The summed E-state index contributed by atoms with van der Waals surface area (Å²) in [6.07, 6.45) is 0.114. The van der Waals surface area contributed by atoms with Crippen LogP contribution in [0.5, 0.6) is 0 Å². The summed E-state index contributed by atoms with van der Waals surface area (Å²) in [5, 5.41) is 0.307. The minimum Gasteiger partial charge on any atom is -0.378 e. The van der Waals surface area contributed by atoms with Gasteiger partial charge in [0.15, 0.2) is 0 Å². The molecular formula is C16H17ClFN3O2. The predicted molar refractivity (Wildman–Crippen MR) is 86.8 cm³/mol. The summed E-state index contributed by atoms with van der Waals surface area (Å²) in [4.78, 5) is 21.6. The third-order valence-corrected chi connectivity index (χ3v) is 4.29. The first kappa shape index (κ1) is 16.0. The molecule has 1 N–H and O–H groups in total. The van der Waals surface area contributed by atoms with Crippen molar-refractivity contribution in [2.75, 3.05) is 31.2 Å². The lowest BCUT2D eigenvalue weighted by Crippen LogP contribution is -2.38. The van der Waals surface area contributed by atoms with E-state index in [-0.39, 0.29) is 12.0 Å². The molecule has 3 rings (SSSR count). The minimum atomic E-state index is -0.423. The molecule has 0 aliphatic carbocycles. The van der Waals surface area contributed by atoms with Gasteiger partial charge >= 0.3 is 0 Å². The fourth-order valence-electron chi connectivity index (χ4n) is 2.61. The Hall–Kier alpha value is -1.92. The van der Waals surface area contributed by atoms with Gasteiger partial charge in [-0.1, -0.05) is 17.7 Å². The molecule has 0 unspecified atom stereocenters. The van der Waals surface area contributed by atoms with Crippen molar-refractivity contribution in [2.45, 2.75) is 13.3 Å². The highest BCUT2D eigenvalue weighted by Crippen LogP contribution is 2.22. The van der Waals surface area contributed by atoms with Crippen molar-refractivity contribution in [3.05, 3.63) is 56.2 Å². The lowest BCUT2D eigenvalue weighted by Gasteiger charge is -2.27. The van der Waals surface area contributed by atoms with E-state index in [1.807, 2.05) is 4.90 Å². The molecule has 0 amide bonds. The average molecular weight is 338 g/mol. The summed E-state index contributed by atoms with van der Waals surface area (Å²) >= 11 is 6.04. The second kappa shape index (κ2) is 6.68. The summed E-state index contributed by atoms with van der Waals surface area (Å²) in [6, 6.07) is 4.48. The van der Waals surface area contributed by atoms with Crippen LogP contribution in [-0.2, 0) is 11.2 Å². The number of aryl methyl sites for hydroxylation is 1. The van der Waals surface area contributed by atoms with E-state index >= 15 is 0 Å². The van der Waals surface area contributed by atoms with Crippen LogP contribution in [0.4, 0.5) is 10.3 Å². The van der Waals surface area contributed by atoms with E-state index < -0.39 is 5.82 Å². The number of halogens is 2. The summed E-state index contributed by atoms with van der Waals surface area (Å²) in [5.74, 6) is 0.104. The molecule has 2 aromatic rings. The highest BCUT2D eigenvalue weighted by Gasteiger charge is 2.18. The summed E-state index contributed by atoms with van der Waals surface area (Å²) < 4.78 is 19.2. The van der Waals surface area contributed by atoms with Crippen molar-refractivity contribution in [3.63, 3.8) is 0 Å². The van der Waals surface area contributed by atoms with Gasteiger partial charge in [-0.05, 0) is 19.1 Å². The quantitative estimate of drug-likeness (QED) is 0.933. The molecule has 1 aromatic heterocycles. The third-order valence-electron chi connectivity index (χ3n) is 3.94. The largest absolute Gasteiger partial charge is 0.378 e. The molecule has 5 nitrogen and oxygen atoms in total. The van der Waals surface area contributed by atoms with Crippen molar-refractivity contribution in [3.8, 4) is 0 Å². The molecule has 0 spiro atoms. The molecule has 1 aromatic carbocycles. The van der Waals surface area contributed by atoms with E-state index in [1.165, 1.54) is 12.1 Å². The highest BCUT2D eigenvalue weighted by molar-refractivity contribution is 6.31. The van der Waals surface area contributed by atoms with Gasteiger partial charge in [-0.15, -0.1) is 0 Å². The fourth-order valence-corrected chi connectivity index (χ4v) is 2.84. The molecular weight excluding hydrogens is 321 g/mol. The lowest BCUT2D eigenvalue weighted by atomic mass is 10.0. The van der Waals surface area contributed by atoms with Crippen molar-refractivity contribution >= 4 is 17.5 Å². The molecule has 23 heavy (non-hydrogen) atoms. The molecule has 122 valence electrons. The van der Waals surface area contributed by atoms with Crippen molar-refractivity contribution in [1.82, 2.24) is 9.97 Å². The molecule has 1 aliphatic rings. The summed E-state index contributed by atoms with van der Waals surface area (Å²) in [6.45, 7) is 4.33. The first-order valence-electron chi connectivity index (χ1n) is 7.41. The molecule has 7 heteroatoms. The molecule has 0 saturated carbocycles. The summed E-state index contributed by atoms with van der Waals surface area (Å²) in [5.41, 5.74) is 1.05. The Kier molecular flexibility index (Phi) is 4.63. The van der Waals surface area contributed by atoms with Crippen molar-refractivity contribution < 1.29 is 9.13 Å². The van der Waals surface area contributed by atoms with E-state index in [0.29, 0.717) is 54.1 Å². The Labute approximate surface area is 138 Å². The second-order valence-electron chi connectivity index (χ2n) is 5.43. The van der Waals surface area contributed by atoms with Crippen molar-refractivity contribution in [2.24, 2.45) is 0 Å². The Morgan fingerprint density at radius 2 is 2.09 bits per heavy atom. The van der Waals surface area contributed by atoms with Crippen molar-refractivity contribution in [1.29, 1.82) is 0 Å². The molecule has 0 radical (unpaired) electrons. The van der Waals surface area contributed by atoms with Crippen LogP contribution >= 0.6 is 11.6 Å². The molecule has 1 fully saturated rings. The number of morpholine rings is 1. The minimum absolute atomic E-state index is 0.114. The number of nitrogens with one attached hydrogen (secondary N) is 1. The van der Waals surface area contributed by atoms with E-state index in [4.69, 9.17) is 16.3 Å². The van der Waals surface area contributed by atoms with Crippen LogP contribution in [0.1, 0.15) is 16.8 Å². The summed E-state index contributed by atoms with van der Waals surface area (Å²) in [7, 11) is 0. The van der Waals surface area contributed by atoms with Gasteiger partial charge < -0.3 is 9.64 Å². The fraction of sp³-hybridized carbons (Fsp3) is 0.375. The van der Waals surface area contributed by atoms with Crippen LogP contribution in [0.25, 0.3) is 0 Å². The van der Waals surface area contributed by atoms with Crippen LogP contribution in [0.15, 0.2) is 23.0 Å². The molecule has 1 saturated heterocycles. The van der Waals surface area contributed by atoms with Gasteiger partial charge in [0.2, 0.25) is 5.95 Å². The van der Waals surface area contributed by atoms with Gasteiger partial charge in [0.05, 0.1) is 18.9 Å². The maximum atomic E-state index is 13.9. The first-order valence-corrected chi connectivity index (χ1v) is 7.79. The number of hydrogen-bond acceptors (Lipinski definition) is 4. The molecule has 1 aliphatic heterocycles. The van der Waals surface area contributed by atoms with Gasteiger partial charge in [0.1, 0.15) is 5.82 Å². The number of ether oxygens (including phenoxy) is 1. The number of nitrogens with zero attached hydrogens (tertiary/aromatic N) is 2. The topological polar surface area (TPSA) is 58.2 Å². The van der Waals surface area contributed by atoms with E-state index in [1.54, 1.807) is 13.0 Å². The Bertz CT molecular complexity index is 752. The number of anilines is 1. The average Bonchev–Trinajstić information content (AvgIpc) is 2.54. The van der Waals surface area contributed by atoms with E-state index in [2.05, 4.69) is 9.97 Å². The maximum Gasteiger partial charge on any atom is 0.256 e. The zero-order valence-electron chi connectivity index (χ0n) is 12.7. The smallest absolute Gasteiger partial charge is 0.256 e. The maximum absolute atomic E-state index is 13.9. The van der Waals surface area contributed by atoms with Gasteiger partial charge in [-0.25, -0.2) is 9.37 Å². The number of rotatable bonds is 3. The zero-order valence-corrected chi connectivity index (χ0v) is 13.5. The highest BCUT2D eigenvalue weighted by atomic mass is 35.5. The van der Waals surface area contributed by atoms with E-state index in [9.17, 15) is 9.18 Å². The Morgan fingerprint density at radius 1 is 1.35 bits per heavy atom. The lowest BCUT2D eigenvalue weighted by molar-refractivity contribution is 0.122. The number of benzene rings is 1. The number of aromatic amines is 1. The van der Waals surface area contributed by atoms with E-state index in [0.717, 1.165) is 0 Å². The van der Waals surface area contributed by atoms with Crippen LogP contribution in [-0.4, -0.2) is 36.3 Å². The molecule has 2 heterocycles. The first-order chi connectivity index (χ1) is 11.1. The number of H-pyrrole nitrogens is 1. The van der Waals surface area contributed by atoms with Gasteiger partial charge in [0, 0.05) is 35.7 Å². The number of hydrogen-bond donors (Lipinski definition) is 1. The standard InChI is InChI=1S/C16H17ClFN3O2/c1-10-11(9-12-13(17)3-2-4-14(12)18)15(22)20-16(19-10)21-5-7-23-8-6-21/h2-4H,5-9H2,1H3,(H,19,20,22). The zero-order chi connectivity index (χ0) is 16.4. The van der Waals surface area contributed by atoms with Gasteiger partial charge in [-0.2, -0.15) is 0 Å². The Morgan fingerprint density at radius 3 is 2.74 bits per heavy atom. The van der Waals surface area contributed by atoms with Crippen LogP contribution < -0.4 is 10.5 Å². The van der Waals surface area contributed by atoms with Gasteiger partial charge in [-0.3, -0.25) is 9.78 Å². The van der Waals surface area contributed by atoms with Crippen LogP contribution in [0.2, 0.25) is 5.02 Å². The third kappa shape index (κ3) is 3.38. The SMILES string of the molecule is Cc1nc(N2CCOCC2)[nH]c(=O)c1Cc1c(F)cccc1Cl. The molecule has 0 atom stereocenters. The number of aromatic nitrogens is 2. The van der Waals surface area contributed by atoms with Crippen LogP contribution in [0.3, 0.4) is 0 Å². The Balaban J connectivity index is 1.93. The second-order valence-corrected chi connectivity index (χ2v) is 5.84. The molecule has 0 bridgehead atoms. The monoisotopic (exact) mass is 337 g/mol. The normalized spacial score (nSPS) is 15.0. The van der Waals surface area contributed by atoms with Gasteiger partial charge in [0.25, 0.3) is 5.56 Å².